The molecular formula is C21H30N4O2. The van der Waals surface area contributed by atoms with Crippen LogP contribution in [0.25, 0.3) is 0 Å². The topological polar surface area (TPSA) is 50.6 Å². The smallest absolute Gasteiger partial charge is 0.236 e. The van der Waals surface area contributed by atoms with Crippen LogP contribution >= 0.6 is 0 Å². The van der Waals surface area contributed by atoms with Gasteiger partial charge in [0.05, 0.1) is 25.5 Å². The van der Waals surface area contributed by atoms with Crippen LogP contribution in [0.5, 0.6) is 0 Å². The Labute approximate surface area is 161 Å². The van der Waals surface area contributed by atoms with E-state index in [9.17, 15) is 4.79 Å². The molecule has 1 aliphatic heterocycles. The molecule has 0 N–H and O–H groups in total. The number of nitrogens with zero attached hydrogens (tertiary/aromatic N) is 4. The van der Waals surface area contributed by atoms with Crippen molar-refractivity contribution in [1.82, 2.24) is 19.6 Å². The van der Waals surface area contributed by atoms with E-state index >= 15 is 0 Å². The van der Waals surface area contributed by atoms with Gasteiger partial charge in [0, 0.05) is 45.0 Å². The minimum absolute atomic E-state index is 0.00734. The van der Waals surface area contributed by atoms with Gasteiger partial charge in [-0.25, -0.2) is 0 Å². The molecule has 0 radical (unpaired) electrons. The van der Waals surface area contributed by atoms with Crippen molar-refractivity contribution < 1.29 is 9.53 Å². The van der Waals surface area contributed by atoms with E-state index in [1.165, 1.54) is 0 Å². The second-order valence-corrected chi connectivity index (χ2v) is 7.80. The van der Waals surface area contributed by atoms with Crippen molar-refractivity contribution in [1.29, 1.82) is 0 Å². The molecule has 0 bridgehead atoms. The molecule has 1 fully saturated rings. The maximum atomic E-state index is 12.8. The van der Waals surface area contributed by atoms with Gasteiger partial charge in [-0.05, 0) is 11.5 Å². The van der Waals surface area contributed by atoms with E-state index in [0.717, 1.165) is 24.2 Å². The SMILES string of the molecule is CC(C)CN1CC(OCc2ccccc2)CN(Cc2cnn(C)c2)CC1=O. The van der Waals surface area contributed by atoms with Crippen molar-refractivity contribution in [3.8, 4) is 0 Å². The zero-order chi connectivity index (χ0) is 19.2. The number of aryl methyl sites for hydroxylation is 1. The van der Waals surface area contributed by atoms with Gasteiger partial charge in [-0.1, -0.05) is 44.2 Å². The van der Waals surface area contributed by atoms with Gasteiger partial charge < -0.3 is 9.64 Å². The minimum Gasteiger partial charge on any atom is -0.370 e. The van der Waals surface area contributed by atoms with Gasteiger partial charge in [0.25, 0.3) is 0 Å². The molecule has 1 aromatic carbocycles. The Balaban J connectivity index is 1.69. The average Bonchev–Trinajstić information content (AvgIpc) is 2.97. The summed E-state index contributed by atoms with van der Waals surface area (Å²) in [6.07, 6.45) is 3.86. The highest BCUT2D eigenvalue weighted by Crippen LogP contribution is 2.15. The molecule has 2 aromatic rings. The Morgan fingerprint density at radius 3 is 2.63 bits per heavy atom. The van der Waals surface area contributed by atoms with Gasteiger partial charge >= 0.3 is 0 Å². The van der Waals surface area contributed by atoms with Crippen LogP contribution in [-0.2, 0) is 29.7 Å². The third-order valence-corrected chi connectivity index (χ3v) is 4.68. The number of hydrogen-bond donors (Lipinski definition) is 0. The standard InChI is InChI=1S/C21H30N4O2/c1-17(2)10-25-14-20(27-16-18-7-5-4-6-8-18)13-24(15-21(25)26)12-19-9-22-23(3)11-19/h4-9,11,17,20H,10,12-16H2,1-3H3. The molecule has 146 valence electrons. The van der Waals surface area contributed by atoms with Crippen LogP contribution in [0, 0.1) is 5.92 Å². The Hall–Kier alpha value is -2.18. The third-order valence-electron chi connectivity index (χ3n) is 4.68. The van der Waals surface area contributed by atoms with Crippen LogP contribution in [0.4, 0.5) is 0 Å². The predicted octanol–water partition coefficient (Wildman–Crippen LogP) is 2.31. The first-order valence-corrected chi connectivity index (χ1v) is 9.62. The second kappa shape index (κ2) is 9.15. The largest absolute Gasteiger partial charge is 0.370 e. The lowest BCUT2D eigenvalue weighted by Gasteiger charge is -2.26. The number of amides is 1. The summed E-state index contributed by atoms with van der Waals surface area (Å²) in [5.74, 6) is 0.618. The van der Waals surface area contributed by atoms with Gasteiger partial charge in [-0.15, -0.1) is 0 Å². The number of aromatic nitrogens is 2. The van der Waals surface area contributed by atoms with Crippen LogP contribution in [0.3, 0.4) is 0 Å². The molecule has 2 heterocycles. The van der Waals surface area contributed by atoms with Crippen molar-refractivity contribution in [2.75, 3.05) is 26.2 Å². The Bertz CT molecular complexity index is 729. The number of carbonyl (C=O) groups excluding carboxylic acids is 1. The van der Waals surface area contributed by atoms with Crippen LogP contribution in [-0.4, -0.2) is 57.8 Å². The summed E-state index contributed by atoms with van der Waals surface area (Å²) in [4.78, 5) is 16.9. The number of ether oxygens (including phenoxy) is 1. The van der Waals surface area contributed by atoms with Crippen molar-refractivity contribution in [3.63, 3.8) is 0 Å². The molecule has 1 aliphatic rings. The maximum Gasteiger partial charge on any atom is 0.236 e. The van der Waals surface area contributed by atoms with Crippen LogP contribution in [0.1, 0.15) is 25.0 Å². The van der Waals surface area contributed by atoms with E-state index in [-0.39, 0.29) is 12.0 Å². The molecule has 0 spiro atoms. The third kappa shape index (κ3) is 5.91. The Morgan fingerprint density at radius 2 is 1.96 bits per heavy atom. The molecule has 0 saturated carbocycles. The number of rotatable bonds is 7. The summed E-state index contributed by atoms with van der Waals surface area (Å²) in [6, 6.07) is 10.2. The van der Waals surface area contributed by atoms with Crippen LogP contribution < -0.4 is 0 Å². The summed E-state index contributed by atoms with van der Waals surface area (Å²) in [6.45, 7) is 8.14. The molecule has 6 heteroatoms. The van der Waals surface area contributed by atoms with E-state index < -0.39 is 0 Å². The zero-order valence-electron chi connectivity index (χ0n) is 16.5. The summed E-state index contributed by atoms with van der Waals surface area (Å²) in [5, 5.41) is 4.24. The summed E-state index contributed by atoms with van der Waals surface area (Å²) >= 11 is 0. The van der Waals surface area contributed by atoms with E-state index in [1.54, 1.807) is 4.68 Å². The molecule has 27 heavy (non-hydrogen) atoms. The first kappa shape index (κ1) is 19.6. The molecular weight excluding hydrogens is 340 g/mol. The number of carbonyl (C=O) groups is 1. The van der Waals surface area contributed by atoms with Crippen molar-refractivity contribution in [2.24, 2.45) is 13.0 Å². The summed E-state index contributed by atoms with van der Waals surface area (Å²) in [7, 11) is 1.91. The fourth-order valence-electron chi connectivity index (χ4n) is 3.49. The minimum atomic E-state index is -0.00734. The first-order chi connectivity index (χ1) is 13.0. The van der Waals surface area contributed by atoms with Crippen molar-refractivity contribution in [3.05, 3.63) is 53.9 Å². The average molecular weight is 370 g/mol. The first-order valence-electron chi connectivity index (χ1n) is 9.62. The summed E-state index contributed by atoms with van der Waals surface area (Å²) < 4.78 is 8.02. The molecule has 1 aromatic heterocycles. The number of benzene rings is 1. The molecule has 1 amide bonds. The van der Waals surface area contributed by atoms with Gasteiger partial charge in [0.15, 0.2) is 0 Å². The highest BCUT2D eigenvalue weighted by atomic mass is 16.5. The second-order valence-electron chi connectivity index (χ2n) is 7.80. The Morgan fingerprint density at radius 1 is 1.19 bits per heavy atom. The maximum absolute atomic E-state index is 12.8. The van der Waals surface area contributed by atoms with Crippen molar-refractivity contribution in [2.45, 2.75) is 33.1 Å². The van der Waals surface area contributed by atoms with Gasteiger partial charge in [0.1, 0.15) is 0 Å². The zero-order valence-corrected chi connectivity index (χ0v) is 16.5. The lowest BCUT2D eigenvalue weighted by molar-refractivity contribution is -0.132. The molecule has 1 unspecified atom stereocenters. The van der Waals surface area contributed by atoms with Crippen molar-refractivity contribution >= 4 is 5.91 Å². The highest BCUT2D eigenvalue weighted by molar-refractivity contribution is 5.78. The molecule has 6 nitrogen and oxygen atoms in total. The predicted molar refractivity (Wildman–Crippen MR) is 105 cm³/mol. The van der Waals surface area contributed by atoms with E-state index in [2.05, 4.69) is 36.0 Å². The lowest BCUT2D eigenvalue weighted by Crippen LogP contribution is -2.40. The van der Waals surface area contributed by atoms with Crippen LogP contribution in [0.2, 0.25) is 0 Å². The van der Waals surface area contributed by atoms with Gasteiger partial charge in [-0.2, -0.15) is 5.10 Å². The number of hydrogen-bond acceptors (Lipinski definition) is 4. The summed E-state index contributed by atoms with van der Waals surface area (Å²) in [5.41, 5.74) is 2.27. The highest BCUT2D eigenvalue weighted by Gasteiger charge is 2.28. The molecule has 1 atom stereocenters. The van der Waals surface area contributed by atoms with E-state index in [4.69, 9.17) is 4.74 Å². The van der Waals surface area contributed by atoms with E-state index in [0.29, 0.717) is 32.2 Å². The fourth-order valence-corrected chi connectivity index (χ4v) is 3.49. The van der Waals surface area contributed by atoms with Gasteiger partial charge in [-0.3, -0.25) is 14.4 Å². The molecule has 3 rings (SSSR count). The Kier molecular flexibility index (Phi) is 6.63. The van der Waals surface area contributed by atoms with Gasteiger partial charge in [0.2, 0.25) is 5.91 Å². The normalized spacial score (nSPS) is 18.9. The molecule has 1 saturated heterocycles. The fraction of sp³-hybridized carbons (Fsp3) is 0.524. The lowest BCUT2D eigenvalue weighted by atomic mass is 10.2. The molecule has 0 aliphatic carbocycles. The monoisotopic (exact) mass is 370 g/mol. The quantitative estimate of drug-likeness (QED) is 0.750. The van der Waals surface area contributed by atoms with E-state index in [1.807, 2.05) is 42.5 Å². The van der Waals surface area contributed by atoms with Crippen LogP contribution in [0.15, 0.2) is 42.7 Å².